The highest BCUT2D eigenvalue weighted by Crippen LogP contribution is 2.18. The molecule has 2 atom stereocenters. The van der Waals surface area contributed by atoms with Crippen LogP contribution in [0.5, 0.6) is 0 Å². The Hall–Kier alpha value is -3.27. The molecule has 0 saturated heterocycles. The Kier molecular flexibility index (Phi) is 60.2. The van der Waals surface area contributed by atoms with Crippen molar-refractivity contribution in [3.63, 3.8) is 0 Å². The summed E-state index contributed by atoms with van der Waals surface area (Å²) in [4.78, 5) is 37.3. The molecule has 0 aliphatic carbocycles. The topological polar surface area (TPSA) is 111 Å². The quantitative estimate of drug-likeness (QED) is 0.0195. The van der Waals surface area contributed by atoms with Crippen LogP contribution in [-0.2, 0) is 33.3 Å². The van der Waals surface area contributed by atoms with Gasteiger partial charge in [0.1, 0.15) is 13.2 Å². The minimum absolute atomic E-state index is 0.147. The fraction of sp³-hybridized carbons (Fsp3) is 0.792. The van der Waals surface area contributed by atoms with Gasteiger partial charge in [0.15, 0.2) is 12.4 Å². The highest BCUT2D eigenvalue weighted by molar-refractivity contribution is 5.70. The van der Waals surface area contributed by atoms with E-state index >= 15 is 0 Å². The molecule has 0 amide bonds. The number of carboxylic acid groups (broad SMARTS) is 1. The van der Waals surface area contributed by atoms with Gasteiger partial charge in [-0.3, -0.25) is 9.59 Å². The summed E-state index contributed by atoms with van der Waals surface area (Å²) in [5.41, 5.74) is 0. The van der Waals surface area contributed by atoms with E-state index in [-0.39, 0.29) is 38.6 Å². The third-order valence-corrected chi connectivity index (χ3v) is 14.9. The monoisotopic (exact) mass is 1140 g/mol. The second kappa shape index (κ2) is 62.8. The minimum Gasteiger partial charge on any atom is -0.545 e. The van der Waals surface area contributed by atoms with Gasteiger partial charge in [-0.15, -0.1) is 0 Å². The molecule has 0 radical (unpaired) electrons. The average molecular weight is 1140 g/mol. The zero-order chi connectivity index (χ0) is 59.1. The number of allylic oxidation sites excluding steroid dienone is 12. The Morgan fingerprint density at radius 2 is 0.704 bits per heavy atom. The van der Waals surface area contributed by atoms with Crippen molar-refractivity contribution in [2.24, 2.45) is 0 Å². The number of aliphatic carboxylic acids is 1. The lowest BCUT2D eigenvalue weighted by Crippen LogP contribution is -2.44. The van der Waals surface area contributed by atoms with Gasteiger partial charge in [0.25, 0.3) is 0 Å². The van der Waals surface area contributed by atoms with E-state index in [4.69, 9.17) is 18.9 Å². The number of carbonyl (C=O) groups is 3. The maximum atomic E-state index is 12.9. The molecular formula is C72H129NO8. The van der Waals surface area contributed by atoms with E-state index < -0.39 is 24.3 Å². The third kappa shape index (κ3) is 64.1. The molecule has 0 spiro atoms. The van der Waals surface area contributed by atoms with E-state index in [1.165, 1.54) is 193 Å². The van der Waals surface area contributed by atoms with Gasteiger partial charge in [0.2, 0.25) is 0 Å². The molecule has 0 saturated carbocycles. The number of esters is 2. The van der Waals surface area contributed by atoms with Gasteiger partial charge in [0.05, 0.1) is 40.3 Å². The van der Waals surface area contributed by atoms with E-state index in [9.17, 15) is 19.5 Å². The van der Waals surface area contributed by atoms with Crippen LogP contribution >= 0.6 is 0 Å². The lowest BCUT2D eigenvalue weighted by Gasteiger charge is -2.26. The molecule has 0 heterocycles. The maximum absolute atomic E-state index is 12.9. The van der Waals surface area contributed by atoms with Crippen LogP contribution in [0, 0.1) is 0 Å². The van der Waals surface area contributed by atoms with Crippen LogP contribution < -0.4 is 5.11 Å². The predicted molar refractivity (Wildman–Crippen MR) is 343 cm³/mol. The van der Waals surface area contributed by atoms with Crippen LogP contribution in [0.4, 0.5) is 0 Å². The van der Waals surface area contributed by atoms with Crippen molar-refractivity contribution >= 4 is 17.9 Å². The van der Waals surface area contributed by atoms with Gasteiger partial charge in [-0.2, -0.15) is 0 Å². The first-order valence-electron chi connectivity index (χ1n) is 34.1. The molecule has 0 rings (SSSR count). The van der Waals surface area contributed by atoms with Crippen molar-refractivity contribution in [1.82, 2.24) is 0 Å². The summed E-state index contributed by atoms with van der Waals surface area (Å²) in [6.07, 6.45) is 80.0. The minimum atomic E-state index is -1.62. The van der Waals surface area contributed by atoms with E-state index in [2.05, 4.69) is 86.8 Å². The number of rotatable bonds is 63. The number of hydrogen-bond acceptors (Lipinski definition) is 8. The lowest BCUT2D eigenvalue weighted by atomic mass is 10.0. The maximum Gasteiger partial charge on any atom is 0.306 e. The lowest BCUT2D eigenvalue weighted by molar-refractivity contribution is -0.870. The Balaban J connectivity index is 3.94. The van der Waals surface area contributed by atoms with Gasteiger partial charge >= 0.3 is 11.9 Å². The van der Waals surface area contributed by atoms with Crippen molar-refractivity contribution < 1.29 is 42.9 Å². The van der Waals surface area contributed by atoms with Gasteiger partial charge in [-0.1, -0.05) is 286 Å². The van der Waals surface area contributed by atoms with E-state index in [1.807, 2.05) is 21.1 Å². The molecule has 470 valence electrons. The number of carbonyl (C=O) groups excluding carboxylic acids is 3. The highest BCUT2D eigenvalue weighted by atomic mass is 16.7. The molecule has 0 aromatic rings. The summed E-state index contributed by atoms with van der Waals surface area (Å²) in [6.45, 7) is 4.65. The summed E-state index contributed by atoms with van der Waals surface area (Å²) >= 11 is 0. The largest absolute Gasteiger partial charge is 0.545 e. The van der Waals surface area contributed by atoms with Crippen LogP contribution in [0.25, 0.3) is 0 Å². The smallest absolute Gasteiger partial charge is 0.306 e. The van der Waals surface area contributed by atoms with E-state index in [0.29, 0.717) is 17.4 Å². The third-order valence-electron chi connectivity index (χ3n) is 14.9. The Morgan fingerprint density at radius 1 is 0.383 bits per heavy atom. The van der Waals surface area contributed by atoms with E-state index in [0.717, 1.165) is 83.5 Å². The summed E-state index contributed by atoms with van der Waals surface area (Å²) in [5.74, 6) is -2.28. The molecule has 81 heavy (non-hydrogen) atoms. The molecule has 0 aromatic carbocycles. The zero-order valence-corrected chi connectivity index (χ0v) is 53.7. The fourth-order valence-electron chi connectivity index (χ4n) is 9.74. The molecule has 9 nitrogen and oxygen atoms in total. The van der Waals surface area contributed by atoms with E-state index in [1.54, 1.807) is 0 Å². The molecule has 0 fully saturated rings. The fourth-order valence-corrected chi connectivity index (χ4v) is 9.74. The number of ether oxygens (including phenoxy) is 4. The normalized spacial score (nSPS) is 13.1. The molecule has 0 aromatic heterocycles. The Labute approximate surface area is 500 Å². The highest BCUT2D eigenvalue weighted by Gasteiger charge is 2.22. The van der Waals surface area contributed by atoms with Gasteiger partial charge in [0, 0.05) is 12.8 Å². The summed E-state index contributed by atoms with van der Waals surface area (Å²) in [6, 6.07) is 0. The first-order valence-corrected chi connectivity index (χ1v) is 34.1. The molecule has 0 N–H and O–H groups in total. The number of quaternary nitrogens is 1. The van der Waals surface area contributed by atoms with Crippen molar-refractivity contribution in [3.05, 3.63) is 72.9 Å². The zero-order valence-electron chi connectivity index (χ0n) is 53.7. The Bertz CT molecular complexity index is 1560. The standard InChI is InChI=1S/C72H129NO8/c1-6-8-10-12-14-16-18-20-22-23-24-25-26-27-28-29-30-31-32-33-34-35-36-37-38-39-40-41-42-43-44-45-46-47-49-51-53-55-57-59-61-63-70(75)81-68(67-80-72(71(76)77)78-65-64-73(3,4)5)66-79-69(74)62-60-58-56-54-52-50-48-21-19-17-15-13-11-9-7-2/h8,10,14,16,20-22,24-25,27-28,48,68,72H,6-7,9,11-13,15,17-19,23,26,29-47,49-67H2,1-5H3/b10-8-,16-14-,22-20-,25-24-,28-27-,48-21-. The second-order valence-corrected chi connectivity index (χ2v) is 24.1. The number of hydrogen-bond donors (Lipinski definition) is 0. The predicted octanol–water partition coefficient (Wildman–Crippen LogP) is 19.6. The van der Waals surface area contributed by atoms with Crippen molar-refractivity contribution in [3.8, 4) is 0 Å². The van der Waals surface area contributed by atoms with Gasteiger partial charge in [-0.25, -0.2) is 0 Å². The molecule has 0 bridgehead atoms. The summed E-state index contributed by atoms with van der Waals surface area (Å²) in [5, 5.41) is 11.8. The number of nitrogens with zero attached hydrogens (tertiary/aromatic N) is 1. The Morgan fingerprint density at radius 3 is 1.06 bits per heavy atom. The summed E-state index contributed by atoms with van der Waals surface area (Å²) < 4.78 is 22.7. The second-order valence-electron chi connectivity index (χ2n) is 24.1. The van der Waals surface area contributed by atoms with Crippen LogP contribution in [0.1, 0.15) is 309 Å². The molecular weight excluding hydrogens is 1010 g/mol. The number of likely N-dealkylation sites (N-methyl/N-ethyl adjacent to an activating group) is 1. The molecule has 2 unspecified atom stereocenters. The first kappa shape index (κ1) is 77.7. The summed E-state index contributed by atoms with van der Waals surface area (Å²) in [7, 11) is 5.93. The van der Waals surface area contributed by atoms with Crippen molar-refractivity contribution in [2.75, 3.05) is 47.5 Å². The van der Waals surface area contributed by atoms with Crippen LogP contribution in [0.3, 0.4) is 0 Å². The van der Waals surface area contributed by atoms with Gasteiger partial charge < -0.3 is 33.3 Å². The average Bonchev–Trinajstić information content (AvgIpc) is 3.44. The molecule has 0 aliphatic heterocycles. The van der Waals surface area contributed by atoms with Crippen LogP contribution in [-0.4, -0.2) is 82.3 Å². The van der Waals surface area contributed by atoms with Crippen molar-refractivity contribution in [1.29, 1.82) is 0 Å². The van der Waals surface area contributed by atoms with Crippen molar-refractivity contribution in [2.45, 2.75) is 322 Å². The first-order chi connectivity index (χ1) is 39.6. The number of unbranched alkanes of at least 4 members (excludes halogenated alkanes) is 36. The molecule has 9 heteroatoms. The van der Waals surface area contributed by atoms with Gasteiger partial charge in [-0.05, 0) is 83.5 Å². The van der Waals surface area contributed by atoms with Crippen LogP contribution in [0.15, 0.2) is 72.9 Å². The SMILES string of the molecule is CC/C=C\C/C=C\C/C=C\C/C=C\C/C=C\CCCCCCCCCCCCCCCCCCCCCCCCCCCC(=O)OC(COC(=O)CCCCCCC/C=C\CCCCCCCC)COC(OCC[N+](C)(C)C)C(=O)[O-]. The van der Waals surface area contributed by atoms with Crippen LogP contribution in [0.2, 0.25) is 0 Å². The molecule has 0 aliphatic rings. The number of carboxylic acids is 1.